The lowest BCUT2D eigenvalue weighted by molar-refractivity contribution is -0.116. The summed E-state index contributed by atoms with van der Waals surface area (Å²) in [5.41, 5.74) is 1.32. The topological polar surface area (TPSA) is 34.1 Å². The third-order valence-corrected chi connectivity index (χ3v) is 3.91. The van der Waals surface area contributed by atoms with Gasteiger partial charge in [-0.05, 0) is 41.1 Å². The largest absolute Gasteiger partial charge is 0.298 e. The Kier molecular flexibility index (Phi) is 4.25. The van der Waals surface area contributed by atoms with E-state index in [0.717, 1.165) is 15.4 Å². The Balaban J connectivity index is 3.26. The first-order valence-corrected chi connectivity index (χ1v) is 5.95. The molecular weight excluding hydrogens is 359 g/mol. The van der Waals surface area contributed by atoms with Crippen molar-refractivity contribution in [3.63, 3.8) is 0 Å². The summed E-state index contributed by atoms with van der Waals surface area (Å²) in [6.07, 6.45) is 0.786. The lowest BCUT2D eigenvalue weighted by Gasteiger charge is -2.09. The molecule has 0 aliphatic carbocycles. The average Bonchev–Trinajstić information content (AvgIpc) is 2.16. The molecule has 14 heavy (non-hydrogen) atoms. The molecule has 0 saturated heterocycles. The van der Waals surface area contributed by atoms with E-state index in [-0.39, 0.29) is 5.78 Å². The third kappa shape index (κ3) is 2.42. The van der Waals surface area contributed by atoms with E-state index in [9.17, 15) is 9.59 Å². The highest BCUT2D eigenvalue weighted by atomic mass is 127. The first-order valence-electron chi connectivity index (χ1n) is 3.96. The summed E-state index contributed by atoms with van der Waals surface area (Å²) >= 11 is 5.34. The van der Waals surface area contributed by atoms with Crippen molar-refractivity contribution in [1.82, 2.24) is 0 Å². The Bertz CT molecular complexity index is 376. The molecule has 1 rings (SSSR count). The summed E-state index contributed by atoms with van der Waals surface area (Å²) in [5.74, 6) is -0.00454. The summed E-state index contributed by atoms with van der Waals surface area (Å²) in [6.45, 7) is 1.49. The molecule has 0 N–H and O–H groups in total. The van der Waals surface area contributed by atoms with Crippen molar-refractivity contribution in [2.45, 2.75) is 11.8 Å². The number of ketones is 1. The van der Waals surface area contributed by atoms with E-state index >= 15 is 0 Å². The molecule has 74 valence electrons. The van der Waals surface area contributed by atoms with Crippen LogP contribution in [0.4, 0.5) is 0 Å². The second-order valence-electron chi connectivity index (χ2n) is 2.83. The van der Waals surface area contributed by atoms with Crippen LogP contribution in [0.3, 0.4) is 0 Å². The fraction of sp³-hybridized carbons (Fsp3) is 0.200. The predicted molar refractivity (Wildman–Crippen MR) is 66.9 cm³/mol. The van der Waals surface area contributed by atoms with Crippen molar-refractivity contribution in [2.24, 2.45) is 0 Å². The minimum atomic E-state index is -0.391. The highest BCUT2D eigenvalue weighted by Crippen LogP contribution is 2.28. The van der Waals surface area contributed by atoms with Crippen molar-refractivity contribution in [3.8, 4) is 0 Å². The molecule has 0 radical (unpaired) electrons. The lowest BCUT2D eigenvalue weighted by Crippen LogP contribution is -2.05. The van der Waals surface area contributed by atoms with Gasteiger partial charge in [0.05, 0.1) is 4.83 Å². The zero-order valence-corrected chi connectivity index (χ0v) is 11.2. The van der Waals surface area contributed by atoms with Crippen molar-refractivity contribution in [1.29, 1.82) is 0 Å². The number of carbonyl (C=O) groups is 2. The maximum absolute atomic E-state index is 11.2. The summed E-state index contributed by atoms with van der Waals surface area (Å²) in [6, 6.07) is 5.46. The Morgan fingerprint density at radius 3 is 2.71 bits per heavy atom. The number of benzene rings is 1. The molecule has 0 amide bonds. The van der Waals surface area contributed by atoms with E-state index in [1.165, 1.54) is 6.92 Å². The Labute approximate surface area is 104 Å². The van der Waals surface area contributed by atoms with Crippen molar-refractivity contribution < 1.29 is 9.59 Å². The van der Waals surface area contributed by atoms with Crippen LogP contribution in [0.1, 0.15) is 27.7 Å². The van der Waals surface area contributed by atoms with E-state index < -0.39 is 4.83 Å². The van der Waals surface area contributed by atoms with Gasteiger partial charge in [0, 0.05) is 9.13 Å². The summed E-state index contributed by atoms with van der Waals surface area (Å²) in [7, 11) is 0. The van der Waals surface area contributed by atoms with Crippen LogP contribution < -0.4 is 0 Å². The van der Waals surface area contributed by atoms with Gasteiger partial charge in [-0.25, -0.2) is 0 Å². The van der Waals surface area contributed by atoms with Crippen LogP contribution >= 0.6 is 38.5 Å². The lowest BCUT2D eigenvalue weighted by atomic mass is 10.0. The number of hydrogen-bond donors (Lipinski definition) is 0. The van der Waals surface area contributed by atoms with Crippen LogP contribution in [0, 0.1) is 3.57 Å². The van der Waals surface area contributed by atoms with Gasteiger partial charge in [-0.1, -0.05) is 28.1 Å². The first kappa shape index (κ1) is 11.8. The van der Waals surface area contributed by atoms with Crippen molar-refractivity contribution >= 4 is 50.6 Å². The quantitative estimate of drug-likeness (QED) is 0.468. The first-order chi connectivity index (χ1) is 6.57. The van der Waals surface area contributed by atoms with E-state index in [2.05, 4.69) is 38.5 Å². The molecule has 1 atom stereocenters. The molecule has 0 aliphatic heterocycles. The van der Waals surface area contributed by atoms with Gasteiger partial charge < -0.3 is 0 Å². The highest BCUT2D eigenvalue weighted by Gasteiger charge is 2.17. The Hall–Kier alpha value is -0.230. The SMILES string of the molecule is CC(=O)C(Br)c1cccc(I)c1C=O. The number of carbonyl (C=O) groups excluding carboxylic acids is 2. The molecule has 0 fully saturated rings. The van der Waals surface area contributed by atoms with E-state index in [4.69, 9.17) is 0 Å². The molecule has 0 aliphatic rings. The number of rotatable bonds is 3. The molecule has 0 saturated carbocycles. The van der Waals surface area contributed by atoms with E-state index in [1.807, 2.05) is 12.1 Å². The number of hydrogen-bond acceptors (Lipinski definition) is 2. The van der Waals surface area contributed by atoms with Gasteiger partial charge in [0.1, 0.15) is 5.78 Å². The zero-order chi connectivity index (χ0) is 10.7. The minimum absolute atomic E-state index is 0.00454. The number of alkyl halides is 1. The molecule has 0 bridgehead atoms. The van der Waals surface area contributed by atoms with Gasteiger partial charge in [0.25, 0.3) is 0 Å². The maximum Gasteiger partial charge on any atom is 0.151 e. The van der Waals surface area contributed by atoms with Crippen LogP contribution in [0.5, 0.6) is 0 Å². The van der Waals surface area contributed by atoms with Crippen LogP contribution in [-0.4, -0.2) is 12.1 Å². The molecule has 0 aromatic heterocycles. The molecule has 4 heteroatoms. The fourth-order valence-electron chi connectivity index (χ4n) is 1.12. The van der Waals surface area contributed by atoms with Crippen LogP contribution in [-0.2, 0) is 4.79 Å². The summed E-state index contributed by atoms with van der Waals surface area (Å²) < 4.78 is 0.862. The second kappa shape index (κ2) is 5.02. The molecular formula is C10H8BrIO2. The van der Waals surface area contributed by atoms with Gasteiger partial charge in [-0.15, -0.1) is 0 Å². The fourth-order valence-corrected chi connectivity index (χ4v) is 2.16. The molecule has 2 nitrogen and oxygen atoms in total. The minimum Gasteiger partial charge on any atom is -0.298 e. The van der Waals surface area contributed by atoms with Gasteiger partial charge in [-0.2, -0.15) is 0 Å². The highest BCUT2D eigenvalue weighted by molar-refractivity contribution is 14.1. The van der Waals surface area contributed by atoms with Crippen LogP contribution in [0.2, 0.25) is 0 Å². The van der Waals surface area contributed by atoms with Gasteiger partial charge in [0.15, 0.2) is 6.29 Å². The number of halogens is 2. The molecule has 1 unspecified atom stereocenters. The average molecular weight is 367 g/mol. The molecule has 0 heterocycles. The smallest absolute Gasteiger partial charge is 0.151 e. The van der Waals surface area contributed by atoms with Crippen LogP contribution in [0.25, 0.3) is 0 Å². The predicted octanol–water partition coefficient (Wildman–Crippen LogP) is 3.13. The molecule has 1 aromatic carbocycles. The monoisotopic (exact) mass is 366 g/mol. The third-order valence-electron chi connectivity index (χ3n) is 1.83. The standard InChI is InChI=1S/C10H8BrIO2/c1-6(14)10(11)7-3-2-4-9(12)8(7)5-13/h2-5,10H,1H3. The molecule has 1 aromatic rings. The van der Waals surface area contributed by atoms with Crippen molar-refractivity contribution in [3.05, 3.63) is 32.9 Å². The van der Waals surface area contributed by atoms with E-state index in [1.54, 1.807) is 6.07 Å². The number of aldehydes is 1. The Morgan fingerprint density at radius 1 is 1.57 bits per heavy atom. The maximum atomic E-state index is 11.2. The zero-order valence-electron chi connectivity index (χ0n) is 7.46. The second-order valence-corrected chi connectivity index (χ2v) is 4.91. The van der Waals surface area contributed by atoms with Gasteiger partial charge in [0.2, 0.25) is 0 Å². The van der Waals surface area contributed by atoms with E-state index in [0.29, 0.717) is 5.56 Å². The molecule has 0 spiro atoms. The van der Waals surface area contributed by atoms with Crippen LogP contribution in [0.15, 0.2) is 18.2 Å². The Morgan fingerprint density at radius 2 is 2.21 bits per heavy atom. The van der Waals surface area contributed by atoms with Gasteiger partial charge in [-0.3, -0.25) is 9.59 Å². The number of Topliss-reactive ketones (excluding diaryl/α,β-unsaturated/α-hetero) is 1. The normalized spacial score (nSPS) is 12.2. The van der Waals surface area contributed by atoms with Crippen molar-refractivity contribution in [2.75, 3.05) is 0 Å². The van der Waals surface area contributed by atoms with Gasteiger partial charge >= 0.3 is 0 Å². The summed E-state index contributed by atoms with van der Waals surface area (Å²) in [5, 5.41) is 0. The summed E-state index contributed by atoms with van der Waals surface area (Å²) in [4.78, 5) is 21.6.